The number of ketones is 1. The summed E-state index contributed by atoms with van der Waals surface area (Å²) in [7, 11) is 0. The van der Waals surface area contributed by atoms with Crippen LogP contribution in [0.15, 0.2) is 99.4 Å². The average Bonchev–Trinajstić information content (AvgIpc) is 3.36. The van der Waals surface area contributed by atoms with E-state index in [1.54, 1.807) is 13.0 Å². The predicted octanol–water partition coefficient (Wildman–Crippen LogP) is 7.53. The molecule has 0 unspecified atom stereocenters. The zero-order valence-electron chi connectivity index (χ0n) is 18.8. The zero-order valence-corrected chi connectivity index (χ0v) is 19.6. The van der Waals surface area contributed by atoms with Gasteiger partial charge in [-0.15, -0.1) is 0 Å². The van der Waals surface area contributed by atoms with Gasteiger partial charge < -0.3 is 9.26 Å². The first-order valence-electron chi connectivity index (χ1n) is 10.8. The van der Waals surface area contributed by atoms with Gasteiger partial charge in [0.25, 0.3) is 0 Å². The number of benzene rings is 3. The number of carbonyl (C=O) groups excluding carboxylic acids is 1. The lowest BCUT2D eigenvalue weighted by atomic mass is 9.91. The van der Waals surface area contributed by atoms with Crippen molar-refractivity contribution in [1.82, 2.24) is 5.16 Å². The molecule has 1 aromatic heterocycles. The van der Waals surface area contributed by atoms with Gasteiger partial charge in [-0.25, -0.2) is 0 Å². The van der Waals surface area contributed by atoms with Crippen LogP contribution in [0.5, 0.6) is 5.75 Å². The lowest BCUT2D eigenvalue weighted by Gasteiger charge is -2.14. The smallest absolute Gasteiger partial charge is 0.416 e. The molecule has 0 saturated heterocycles. The van der Waals surface area contributed by atoms with E-state index in [0.717, 1.165) is 33.1 Å². The molecule has 0 spiro atoms. The van der Waals surface area contributed by atoms with Gasteiger partial charge in [-0.3, -0.25) is 4.79 Å². The van der Waals surface area contributed by atoms with Crippen molar-refractivity contribution in [2.24, 2.45) is 0 Å². The Morgan fingerprint density at radius 3 is 2.37 bits per heavy atom. The van der Waals surface area contributed by atoms with Crippen molar-refractivity contribution in [2.75, 3.05) is 0 Å². The SMILES string of the molecule is CC(=O)C[C@@H](c1ccc(OCc2cccc(Sc3ccc(C(F)(F)F)cc3)c2)cc1)c1ccon1. The Morgan fingerprint density at radius 2 is 1.74 bits per heavy atom. The van der Waals surface area contributed by atoms with Crippen LogP contribution < -0.4 is 4.74 Å². The molecule has 1 heterocycles. The molecule has 4 nitrogen and oxygen atoms in total. The van der Waals surface area contributed by atoms with E-state index in [0.29, 0.717) is 24.5 Å². The van der Waals surface area contributed by atoms with E-state index >= 15 is 0 Å². The fourth-order valence-corrected chi connectivity index (χ4v) is 4.49. The van der Waals surface area contributed by atoms with Crippen molar-refractivity contribution in [2.45, 2.75) is 41.8 Å². The molecule has 35 heavy (non-hydrogen) atoms. The Kier molecular flexibility index (Phi) is 7.60. The Labute approximate surface area is 205 Å². The van der Waals surface area contributed by atoms with Crippen LogP contribution in [0.1, 0.15) is 41.6 Å². The summed E-state index contributed by atoms with van der Waals surface area (Å²) in [5.41, 5.74) is 1.92. The molecule has 0 aliphatic rings. The summed E-state index contributed by atoms with van der Waals surface area (Å²) in [6, 6.07) is 22.1. The van der Waals surface area contributed by atoms with E-state index in [2.05, 4.69) is 5.16 Å². The third kappa shape index (κ3) is 6.76. The number of halogens is 3. The van der Waals surface area contributed by atoms with Gasteiger partial charge in [-0.05, 0) is 66.6 Å². The van der Waals surface area contributed by atoms with E-state index in [9.17, 15) is 18.0 Å². The maximum Gasteiger partial charge on any atom is 0.416 e. The van der Waals surface area contributed by atoms with Gasteiger partial charge in [0.1, 0.15) is 24.4 Å². The number of alkyl halides is 3. The summed E-state index contributed by atoms with van der Waals surface area (Å²) >= 11 is 1.39. The standard InChI is InChI=1S/C27H22F3NO3S/c1-18(32)15-25(26-13-14-34-31-26)20-5-9-22(10-6-20)33-17-19-3-2-4-24(16-19)35-23-11-7-21(8-12-23)27(28,29)30/h2-14,16,25H,15,17H2,1H3/t25-/m0/s1. The van der Waals surface area contributed by atoms with Crippen LogP contribution in [0.2, 0.25) is 0 Å². The van der Waals surface area contributed by atoms with E-state index in [1.807, 2.05) is 48.5 Å². The van der Waals surface area contributed by atoms with Gasteiger partial charge in [0, 0.05) is 28.2 Å². The van der Waals surface area contributed by atoms with Crippen LogP contribution >= 0.6 is 11.8 Å². The molecule has 0 fully saturated rings. The zero-order chi connectivity index (χ0) is 24.8. The highest BCUT2D eigenvalue weighted by molar-refractivity contribution is 7.99. The molecule has 0 N–H and O–H groups in total. The van der Waals surface area contributed by atoms with E-state index in [1.165, 1.54) is 30.2 Å². The Morgan fingerprint density at radius 1 is 1.00 bits per heavy atom. The lowest BCUT2D eigenvalue weighted by Crippen LogP contribution is -2.06. The number of nitrogens with zero attached hydrogens (tertiary/aromatic N) is 1. The van der Waals surface area contributed by atoms with E-state index in [-0.39, 0.29) is 11.7 Å². The number of hydrogen-bond acceptors (Lipinski definition) is 5. The Bertz CT molecular complexity index is 1250. The van der Waals surface area contributed by atoms with Crippen LogP contribution in [0.4, 0.5) is 13.2 Å². The van der Waals surface area contributed by atoms with E-state index < -0.39 is 11.7 Å². The quantitative estimate of drug-likeness (QED) is 0.239. The molecule has 0 aliphatic heterocycles. The minimum absolute atomic E-state index is 0.0624. The molecular formula is C27H22F3NO3S. The second-order valence-electron chi connectivity index (χ2n) is 8.01. The van der Waals surface area contributed by atoms with Gasteiger partial charge in [0.15, 0.2) is 0 Å². The molecule has 0 amide bonds. The molecular weight excluding hydrogens is 475 g/mol. The second-order valence-corrected chi connectivity index (χ2v) is 9.16. The summed E-state index contributed by atoms with van der Waals surface area (Å²) < 4.78 is 49.1. The van der Waals surface area contributed by atoms with Crippen molar-refractivity contribution in [3.63, 3.8) is 0 Å². The molecule has 1 atom stereocenters. The van der Waals surface area contributed by atoms with Gasteiger partial charge in [0.2, 0.25) is 0 Å². The third-order valence-corrected chi connectivity index (χ3v) is 6.31. The predicted molar refractivity (Wildman–Crippen MR) is 126 cm³/mol. The van der Waals surface area contributed by atoms with Gasteiger partial charge in [-0.1, -0.05) is 41.2 Å². The van der Waals surface area contributed by atoms with Gasteiger partial charge in [-0.2, -0.15) is 13.2 Å². The van der Waals surface area contributed by atoms with E-state index in [4.69, 9.17) is 9.26 Å². The highest BCUT2D eigenvalue weighted by atomic mass is 32.2. The number of rotatable bonds is 9. The average molecular weight is 498 g/mol. The Hall–Kier alpha value is -3.52. The van der Waals surface area contributed by atoms with Gasteiger partial charge >= 0.3 is 6.18 Å². The van der Waals surface area contributed by atoms with Crippen molar-refractivity contribution < 1.29 is 27.2 Å². The van der Waals surface area contributed by atoms with Crippen molar-refractivity contribution in [3.8, 4) is 5.75 Å². The first-order valence-corrected chi connectivity index (χ1v) is 11.7. The minimum atomic E-state index is -4.34. The minimum Gasteiger partial charge on any atom is -0.489 e. The number of carbonyl (C=O) groups is 1. The lowest BCUT2D eigenvalue weighted by molar-refractivity contribution is -0.137. The molecule has 180 valence electrons. The Balaban J connectivity index is 1.38. The highest BCUT2D eigenvalue weighted by Gasteiger charge is 2.30. The molecule has 0 radical (unpaired) electrons. The van der Waals surface area contributed by atoms with Gasteiger partial charge in [0.05, 0.1) is 11.3 Å². The molecule has 0 saturated carbocycles. The fraction of sp³-hybridized carbons (Fsp3) is 0.185. The monoisotopic (exact) mass is 497 g/mol. The molecule has 4 aromatic rings. The van der Waals surface area contributed by atoms with Crippen molar-refractivity contribution in [1.29, 1.82) is 0 Å². The second kappa shape index (κ2) is 10.8. The number of hydrogen-bond donors (Lipinski definition) is 0. The number of ether oxygens (including phenoxy) is 1. The molecule has 0 bridgehead atoms. The van der Waals surface area contributed by atoms with Crippen LogP contribution in [-0.2, 0) is 17.6 Å². The summed E-state index contributed by atoms with van der Waals surface area (Å²) in [5.74, 6) is 0.558. The number of Topliss-reactive ketones (excluding diaryl/α,β-unsaturated/α-hetero) is 1. The third-order valence-electron chi connectivity index (χ3n) is 5.31. The van der Waals surface area contributed by atoms with Crippen LogP contribution in [0, 0.1) is 0 Å². The fourth-order valence-electron chi connectivity index (χ4n) is 3.59. The molecule has 0 aliphatic carbocycles. The summed E-state index contributed by atoms with van der Waals surface area (Å²) in [4.78, 5) is 13.3. The van der Waals surface area contributed by atoms with Crippen molar-refractivity contribution in [3.05, 3.63) is 108 Å². The van der Waals surface area contributed by atoms with Crippen LogP contribution in [-0.4, -0.2) is 10.9 Å². The first-order chi connectivity index (χ1) is 16.8. The maximum atomic E-state index is 12.8. The summed E-state index contributed by atoms with van der Waals surface area (Å²) in [5, 5.41) is 3.99. The molecule has 8 heteroatoms. The highest BCUT2D eigenvalue weighted by Crippen LogP contribution is 2.33. The molecule has 4 rings (SSSR count). The largest absolute Gasteiger partial charge is 0.489 e. The topological polar surface area (TPSA) is 52.3 Å². The number of aromatic nitrogens is 1. The maximum absolute atomic E-state index is 12.8. The summed E-state index contributed by atoms with van der Waals surface area (Å²) in [6.07, 6.45) is -2.52. The normalized spacial score (nSPS) is 12.3. The van der Waals surface area contributed by atoms with Crippen LogP contribution in [0.25, 0.3) is 0 Å². The first kappa shape index (κ1) is 24.6. The summed E-state index contributed by atoms with van der Waals surface area (Å²) in [6.45, 7) is 1.88. The molecule has 3 aromatic carbocycles. The van der Waals surface area contributed by atoms with Crippen LogP contribution in [0.3, 0.4) is 0 Å². The van der Waals surface area contributed by atoms with Crippen molar-refractivity contribution >= 4 is 17.5 Å².